The molecule has 0 aliphatic carbocycles. The quantitative estimate of drug-likeness (QED) is 0.639. The van der Waals surface area contributed by atoms with Gasteiger partial charge in [-0.05, 0) is 24.6 Å². The average Bonchev–Trinajstić information content (AvgIpc) is 2.90. The third kappa shape index (κ3) is 1.69. The Morgan fingerprint density at radius 2 is 2.11 bits per heavy atom. The molecule has 2 heterocycles. The summed E-state index contributed by atoms with van der Waals surface area (Å²) in [6, 6.07) is 6.29. The van der Waals surface area contributed by atoms with Crippen molar-refractivity contribution in [1.82, 2.24) is 4.98 Å². The molecular formula is C13H11N3O3. The molecule has 96 valence electrons. The summed E-state index contributed by atoms with van der Waals surface area (Å²) in [7, 11) is 0. The zero-order chi connectivity index (χ0) is 13.6. The van der Waals surface area contributed by atoms with Crippen LogP contribution in [0.5, 0.6) is 0 Å². The number of non-ortho nitro benzene ring substituents is 1. The number of anilines is 1. The molecule has 1 aliphatic rings. The summed E-state index contributed by atoms with van der Waals surface area (Å²) in [4.78, 5) is 25.5. The summed E-state index contributed by atoms with van der Waals surface area (Å²) in [5.74, 6) is -0.675. The molecule has 1 aliphatic heterocycles. The molecular weight excluding hydrogens is 246 g/mol. The minimum absolute atomic E-state index is 0.00976. The summed E-state index contributed by atoms with van der Waals surface area (Å²) >= 11 is 0. The maximum absolute atomic E-state index is 12.1. The van der Waals surface area contributed by atoms with Crippen molar-refractivity contribution in [1.29, 1.82) is 0 Å². The number of aromatic amines is 1. The lowest BCUT2D eigenvalue weighted by Gasteiger charge is -2.08. The van der Waals surface area contributed by atoms with E-state index in [4.69, 9.17) is 0 Å². The van der Waals surface area contributed by atoms with Gasteiger partial charge in [-0.2, -0.15) is 0 Å². The van der Waals surface area contributed by atoms with Gasteiger partial charge in [-0.15, -0.1) is 0 Å². The lowest BCUT2D eigenvalue weighted by Crippen LogP contribution is -2.14. The molecule has 1 amide bonds. The fraction of sp³-hybridized carbons (Fsp3) is 0.154. The normalized spacial score (nSPS) is 17.1. The number of nitro groups is 1. The van der Waals surface area contributed by atoms with Gasteiger partial charge in [0.15, 0.2) is 0 Å². The highest BCUT2D eigenvalue weighted by Gasteiger charge is 2.34. The molecule has 1 unspecified atom stereocenters. The van der Waals surface area contributed by atoms with Gasteiger partial charge in [-0.3, -0.25) is 14.9 Å². The van der Waals surface area contributed by atoms with Crippen LogP contribution in [0.25, 0.3) is 0 Å². The van der Waals surface area contributed by atoms with Crippen LogP contribution in [0, 0.1) is 17.0 Å². The number of amides is 1. The number of H-pyrrole nitrogens is 1. The zero-order valence-electron chi connectivity index (χ0n) is 10.1. The molecule has 2 N–H and O–H groups in total. The fourth-order valence-corrected chi connectivity index (χ4v) is 2.42. The van der Waals surface area contributed by atoms with E-state index in [1.54, 1.807) is 12.3 Å². The van der Waals surface area contributed by atoms with Crippen molar-refractivity contribution in [2.24, 2.45) is 0 Å². The minimum atomic E-state index is -0.509. The number of nitrogens with one attached hydrogen (secondary N) is 2. The molecule has 0 saturated carbocycles. The van der Waals surface area contributed by atoms with Crippen LogP contribution in [-0.4, -0.2) is 15.8 Å². The Kier molecular flexibility index (Phi) is 2.38. The Morgan fingerprint density at radius 3 is 2.74 bits per heavy atom. The summed E-state index contributed by atoms with van der Waals surface area (Å²) in [6.07, 6.45) is 1.76. The van der Waals surface area contributed by atoms with E-state index in [-0.39, 0.29) is 11.6 Å². The highest BCUT2D eigenvalue weighted by atomic mass is 16.6. The maximum Gasteiger partial charge on any atom is 0.269 e. The summed E-state index contributed by atoms with van der Waals surface area (Å²) < 4.78 is 0. The molecule has 19 heavy (non-hydrogen) atoms. The molecule has 0 fully saturated rings. The lowest BCUT2D eigenvalue weighted by molar-refractivity contribution is -0.384. The van der Waals surface area contributed by atoms with E-state index in [1.165, 1.54) is 12.1 Å². The molecule has 1 atom stereocenters. The summed E-state index contributed by atoms with van der Waals surface area (Å²) in [5.41, 5.74) is 3.00. The molecule has 2 aromatic rings. The molecule has 6 nitrogen and oxygen atoms in total. The Labute approximate surface area is 108 Å². The Balaban J connectivity index is 2.15. The zero-order valence-corrected chi connectivity index (χ0v) is 10.1. The number of hydrogen-bond acceptors (Lipinski definition) is 3. The number of nitrogens with zero attached hydrogens (tertiary/aromatic N) is 1. The van der Waals surface area contributed by atoms with Crippen LogP contribution in [0.4, 0.5) is 11.4 Å². The van der Waals surface area contributed by atoms with Gasteiger partial charge in [0.25, 0.3) is 5.69 Å². The highest BCUT2D eigenvalue weighted by Crippen LogP contribution is 2.39. The topological polar surface area (TPSA) is 88.0 Å². The minimum Gasteiger partial charge on any atom is -0.364 e. The van der Waals surface area contributed by atoms with Crippen molar-refractivity contribution in [2.75, 3.05) is 5.32 Å². The highest BCUT2D eigenvalue weighted by molar-refractivity contribution is 6.05. The fourth-order valence-electron chi connectivity index (χ4n) is 2.42. The average molecular weight is 257 g/mol. The lowest BCUT2D eigenvalue weighted by atomic mass is 9.95. The van der Waals surface area contributed by atoms with E-state index in [0.29, 0.717) is 11.3 Å². The van der Waals surface area contributed by atoms with Gasteiger partial charge >= 0.3 is 0 Å². The number of benzene rings is 1. The first-order valence-electron chi connectivity index (χ1n) is 5.81. The number of hydrogen-bond donors (Lipinski definition) is 2. The van der Waals surface area contributed by atoms with E-state index in [0.717, 1.165) is 11.3 Å². The van der Waals surface area contributed by atoms with Crippen molar-refractivity contribution in [3.05, 3.63) is 57.4 Å². The summed E-state index contributed by atoms with van der Waals surface area (Å²) in [6.45, 7) is 1.90. The second-order valence-electron chi connectivity index (χ2n) is 4.53. The van der Waals surface area contributed by atoms with Crippen molar-refractivity contribution < 1.29 is 9.72 Å². The van der Waals surface area contributed by atoms with Crippen LogP contribution >= 0.6 is 0 Å². The van der Waals surface area contributed by atoms with Crippen LogP contribution < -0.4 is 5.32 Å². The molecule has 0 bridgehead atoms. The van der Waals surface area contributed by atoms with Crippen LogP contribution in [-0.2, 0) is 4.79 Å². The third-order valence-electron chi connectivity index (χ3n) is 3.36. The first-order valence-corrected chi connectivity index (χ1v) is 5.81. The molecule has 0 saturated heterocycles. The smallest absolute Gasteiger partial charge is 0.269 e. The number of carbonyl (C=O) groups excluding carboxylic acids is 1. The molecule has 0 spiro atoms. The van der Waals surface area contributed by atoms with Gasteiger partial charge in [-0.25, -0.2) is 0 Å². The van der Waals surface area contributed by atoms with Crippen molar-refractivity contribution in [3.63, 3.8) is 0 Å². The van der Waals surface area contributed by atoms with Gasteiger partial charge in [0, 0.05) is 35.3 Å². The van der Waals surface area contributed by atoms with E-state index in [9.17, 15) is 14.9 Å². The molecule has 1 aromatic heterocycles. The Bertz CT molecular complexity index is 690. The number of nitro benzene ring substituents is 1. The molecule has 1 aromatic carbocycles. The van der Waals surface area contributed by atoms with Crippen LogP contribution in [0.3, 0.4) is 0 Å². The van der Waals surface area contributed by atoms with Crippen molar-refractivity contribution in [2.45, 2.75) is 12.8 Å². The van der Waals surface area contributed by atoms with Gasteiger partial charge in [-0.1, -0.05) is 0 Å². The van der Waals surface area contributed by atoms with Gasteiger partial charge < -0.3 is 10.3 Å². The predicted octanol–water partition coefficient (Wildman–Crippen LogP) is 2.32. The standard InChI is InChI=1S/C13H11N3O3/c1-7-4-5-14-12(7)11-9-6-8(16(18)19)2-3-10(9)15-13(11)17/h2-6,11,14H,1H3,(H,15,17). The van der Waals surface area contributed by atoms with Crippen LogP contribution in [0.2, 0.25) is 0 Å². The van der Waals surface area contributed by atoms with Gasteiger partial charge in [0.1, 0.15) is 5.92 Å². The maximum atomic E-state index is 12.1. The summed E-state index contributed by atoms with van der Waals surface area (Å²) in [5, 5.41) is 13.6. The first kappa shape index (κ1) is 11.5. The number of aryl methyl sites for hydroxylation is 1. The third-order valence-corrected chi connectivity index (χ3v) is 3.36. The second-order valence-corrected chi connectivity index (χ2v) is 4.53. The van der Waals surface area contributed by atoms with Gasteiger partial charge in [0.2, 0.25) is 5.91 Å². The second kappa shape index (κ2) is 3.94. The molecule has 6 heteroatoms. The van der Waals surface area contributed by atoms with Crippen LogP contribution in [0.15, 0.2) is 30.5 Å². The number of rotatable bonds is 2. The van der Waals surface area contributed by atoms with E-state index in [2.05, 4.69) is 10.3 Å². The SMILES string of the molecule is Cc1cc[nH]c1C1C(=O)Nc2ccc([N+](=O)[O-])cc21. The number of fused-ring (bicyclic) bond motifs is 1. The van der Waals surface area contributed by atoms with E-state index >= 15 is 0 Å². The monoisotopic (exact) mass is 257 g/mol. The van der Waals surface area contributed by atoms with E-state index in [1.807, 2.05) is 13.0 Å². The van der Waals surface area contributed by atoms with Crippen LogP contribution in [0.1, 0.15) is 22.7 Å². The number of aromatic nitrogens is 1. The Hall–Kier alpha value is -2.63. The molecule has 3 rings (SSSR count). The first-order chi connectivity index (χ1) is 9.08. The van der Waals surface area contributed by atoms with Crippen molar-refractivity contribution in [3.8, 4) is 0 Å². The molecule has 0 radical (unpaired) electrons. The van der Waals surface area contributed by atoms with E-state index < -0.39 is 10.8 Å². The van der Waals surface area contributed by atoms with Gasteiger partial charge in [0.05, 0.1) is 4.92 Å². The largest absolute Gasteiger partial charge is 0.364 e. The van der Waals surface area contributed by atoms with Crippen molar-refractivity contribution >= 4 is 17.3 Å². The predicted molar refractivity (Wildman–Crippen MR) is 69.1 cm³/mol. The Morgan fingerprint density at radius 1 is 1.32 bits per heavy atom. The number of carbonyl (C=O) groups is 1.